The molecule has 1 unspecified atom stereocenters. The first kappa shape index (κ1) is 14.0. The van der Waals surface area contributed by atoms with Crippen molar-refractivity contribution < 1.29 is 8.42 Å². The van der Waals surface area contributed by atoms with E-state index in [1.165, 1.54) is 19.0 Å². The highest BCUT2D eigenvalue weighted by atomic mass is 32.2. The van der Waals surface area contributed by atoms with Gasteiger partial charge in [-0.3, -0.25) is 4.90 Å². The summed E-state index contributed by atoms with van der Waals surface area (Å²) < 4.78 is 26.7. The summed E-state index contributed by atoms with van der Waals surface area (Å²) in [5, 5.41) is 0.233. The summed E-state index contributed by atoms with van der Waals surface area (Å²) in [6, 6.07) is 0.390. The normalized spacial score (nSPS) is 25.6. The van der Waals surface area contributed by atoms with E-state index in [9.17, 15) is 8.42 Å². The minimum atomic E-state index is -3.40. The molecule has 0 spiro atoms. The van der Waals surface area contributed by atoms with E-state index in [1.807, 2.05) is 6.92 Å². The molecule has 1 N–H and O–H groups in total. The van der Waals surface area contributed by atoms with Crippen LogP contribution in [0.15, 0.2) is 11.2 Å². The van der Waals surface area contributed by atoms with Gasteiger partial charge < -0.3 is 4.98 Å². The maximum absolute atomic E-state index is 12.6. The summed E-state index contributed by atoms with van der Waals surface area (Å²) in [4.78, 5) is 9.44. The highest BCUT2D eigenvalue weighted by Crippen LogP contribution is 2.25. The van der Waals surface area contributed by atoms with Crippen LogP contribution >= 0.6 is 0 Å². The van der Waals surface area contributed by atoms with Gasteiger partial charge in [0.05, 0.1) is 6.20 Å². The summed E-state index contributed by atoms with van der Waals surface area (Å²) in [7, 11) is -3.40. The summed E-state index contributed by atoms with van der Waals surface area (Å²) in [5.74, 6) is 0.721. The molecule has 2 aliphatic heterocycles. The molecule has 3 rings (SSSR count). The number of nitrogens with zero attached hydrogens (tertiary/aromatic N) is 3. The van der Waals surface area contributed by atoms with Crippen LogP contribution in [0.1, 0.15) is 32.0 Å². The molecule has 2 fully saturated rings. The fraction of sp³-hybridized carbons (Fsp3) is 0.769. The number of likely N-dealkylation sites (tertiary alicyclic amines) is 1. The number of hydrogen-bond donors (Lipinski definition) is 1. The molecule has 1 aromatic heterocycles. The van der Waals surface area contributed by atoms with E-state index in [1.54, 1.807) is 4.31 Å². The van der Waals surface area contributed by atoms with Crippen LogP contribution in [-0.4, -0.2) is 59.8 Å². The van der Waals surface area contributed by atoms with Crippen LogP contribution in [0.25, 0.3) is 0 Å². The standard InChI is InChI=1S/C13H22N4O2S/c1-2-12-14-9-13(15-12)20(18,19)17-8-5-11(10-17)16-6-3-4-7-16/h9,11H,2-8,10H2,1H3,(H,14,15). The first-order chi connectivity index (χ1) is 9.61. The molecule has 112 valence electrons. The zero-order valence-corrected chi connectivity index (χ0v) is 12.7. The van der Waals surface area contributed by atoms with E-state index in [2.05, 4.69) is 14.9 Å². The molecule has 6 nitrogen and oxygen atoms in total. The molecule has 0 radical (unpaired) electrons. The van der Waals surface area contributed by atoms with Crippen LogP contribution in [0.4, 0.5) is 0 Å². The SMILES string of the molecule is CCc1ncc(S(=O)(=O)N2CCC(N3CCCC3)C2)[nH]1. The van der Waals surface area contributed by atoms with Crippen molar-refractivity contribution in [3.63, 3.8) is 0 Å². The predicted molar refractivity (Wildman–Crippen MR) is 75.9 cm³/mol. The van der Waals surface area contributed by atoms with Gasteiger partial charge in [0, 0.05) is 25.6 Å². The van der Waals surface area contributed by atoms with Gasteiger partial charge in [0.15, 0.2) is 5.03 Å². The number of rotatable bonds is 4. The second-order valence-electron chi connectivity index (χ2n) is 5.60. The van der Waals surface area contributed by atoms with Gasteiger partial charge in [-0.25, -0.2) is 13.4 Å². The largest absolute Gasteiger partial charge is 0.332 e. The minimum Gasteiger partial charge on any atom is -0.332 e. The number of aromatic nitrogens is 2. The van der Waals surface area contributed by atoms with Crippen LogP contribution in [0.3, 0.4) is 0 Å². The van der Waals surface area contributed by atoms with Crippen molar-refractivity contribution in [1.29, 1.82) is 0 Å². The van der Waals surface area contributed by atoms with Crippen molar-refractivity contribution in [3.8, 4) is 0 Å². The minimum absolute atomic E-state index is 0.233. The molecule has 0 aromatic carbocycles. The van der Waals surface area contributed by atoms with Gasteiger partial charge in [-0.1, -0.05) is 6.92 Å². The molecule has 0 amide bonds. The maximum atomic E-state index is 12.6. The Morgan fingerprint density at radius 2 is 2.10 bits per heavy atom. The van der Waals surface area contributed by atoms with Crippen LogP contribution in [0, 0.1) is 0 Å². The molecule has 1 atom stereocenters. The number of H-pyrrole nitrogens is 1. The fourth-order valence-electron chi connectivity index (χ4n) is 3.13. The van der Waals surface area contributed by atoms with Gasteiger partial charge in [0.1, 0.15) is 5.82 Å². The number of sulfonamides is 1. The lowest BCUT2D eigenvalue weighted by molar-refractivity contribution is 0.251. The van der Waals surface area contributed by atoms with Crippen molar-refractivity contribution in [1.82, 2.24) is 19.2 Å². The van der Waals surface area contributed by atoms with E-state index < -0.39 is 10.0 Å². The van der Waals surface area contributed by atoms with Crippen LogP contribution < -0.4 is 0 Å². The Morgan fingerprint density at radius 3 is 2.75 bits per heavy atom. The molecule has 2 aliphatic rings. The van der Waals surface area contributed by atoms with Crippen molar-refractivity contribution >= 4 is 10.0 Å². The molecule has 0 aliphatic carbocycles. The van der Waals surface area contributed by atoms with Crippen molar-refractivity contribution in [2.75, 3.05) is 26.2 Å². The van der Waals surface area contributed by atoms with Crippen molar-refractivity contribution in [2.24, 2.45) is 0 Å². The number of aromatic amines is 1. The number of imidazole rings is 1. The molecule has 0 bridgehead atoms. The molecule has 1 aromatic rings. The lowest BCUT2D eigenvalue weighted by atomic mass is 10.2. The Hall–Kier alpha value is -0.920. The fourth-order valence-corrected chi connectivity index (χ4v) is 4.55. The van der Waals surface area contributed by atoms with Crippen molar-refractivity contribution in [3.05, 3.63) is 12.0 Å². The third-order valence-corrected chi connectivity index (χ3v) is 6.12. The monoisotopic (exact) mass is 298 g/mol. The molecule has 7 heteroatoms. The second-order valence-corrected chi connectivity index (χ2v) is 7.50. The van der Waals surface area contributed by atoms with E-state index in [-0.39, 0.29) is 5.03 Å². The highest BCUT2D eigenvalue weighted by molar-refractivity contribution is 7.89. The van der Waals surface area contributed by atoms with Gasteiger partial charge in [-0.2, -0.15) is 4.31 Å². The molecule has 3 heterocycles. The Balaban J connectivity index is 1.72. The average Bonchev–Trinajstić information content (AvgIpc) is 3.18. The Labute approximate surface area is 120 Å². The summed E-state index contributed by atoms with van der Waals surface area (Å²) in [5.41, 5.74) is 0. The van der Waals surface area contributed by atoms with Gasteiger partial charge in [-0.05, 0) is 32.4 Å². The first-order valence-corrected chi connectivity index (χ1v) is 8.83. The number of aryl methyl sites for hydroxylation is 1. The second kappa shape index (κ2) is 5.46. The van der Waals surface area contributed by atoms with Crippen LogP contribution in [0.5, 0.6) is 0 Å². The third-order valence-electron chi connectivity index (χ3n) is 4.34. The zero-order chi connectivity index (χ0) is 14.2. The lowest BCUT2D eigenvalue weighted by Gasteiger charge is -2.23. The van der Waals surface area contributed by atoms with Gasteiger partial charge in [0.2, 0.25) is 0 Å². The Bertz CT molecular complexity index is 563. The van der Waals surface area contributed by atoms with E-state index in [0.717, 1.165) is 25.3 Å². The van der Waals surface area contributed by atoms with E-state index in [0.29, 0.717) is 25.6 Å². The van der Waals surface area contributed by atoms with Gasteiger partial charge in [0.25, 0.3) is 10.0 Å². The molecular weight excluding hydrogens is 276 g/mol. The smallest absolute Gasteiger partial charge is 0.260 e. The quantitative estimate of drug-likeness (QED) is 0.894. The van der Waals surface area contributed by atoms with Gasteiger partial charge in [-0.15, -0.1) is 0 Å². The molecular formula is C13H22N4O2S. The summed E-state index contributed by atoms with van der Waals surface area (Å²) in [6.07, 6.45) is 5.57. The Morgan fingerprint density at radius 1 is 1.35 bits per heavy atom. The van der Waals surface area contributed by atoms with Crippen LogP contribution in [-0.2, 0) is 16.4 Å². The molecule has 0 saturated carbocycles. The van der Waals surface area contributed by atoms with Crippen molar-refractivity contribution in [2.45, 2.75) is 43.7 Å². The number of hydrogen-bond acceptors (Lipinski definition) is 4. The third kappa shape index (κ3) is 2.49. The first-order valence-electron chi connectivity index (χ1n) is 7.39. The summed E-state index contributed by atoms with van der Waals surface area (Å²) >= 11 is 0. The van der Waals surface area contributed by atoms with Gasteiger partial charge >= 0.3 is 0 Å². The highest BCUT2D eigenvalue weighted by Gasteiger charge is 2.36. The molecule has 2 saturated heterocycles. The van der Waals surface area contributed by atoms with Crippen LogP contribution in [0.2, 0.25) is 0 Å². The number of nitrogens with one attached hydrogen (secondary N) is 1. The molecule has 20 heavy (non-hydrogen) atoms. The zero-order valence-electron chi connectivity index (χ0n) is 11.9. The Kier molecular flexibility index (Phi) is 3.83. The maximum Gasteiger partial charge on any atom is 0.260 e. The summed E-state index contributed by atoms with van der Waals surface area (Å²) in [6.45, 7) is 5.41. The predicted octanol–water partition coefficient (Wildman–Crippen LogP) is 0.831. The van der Waals surface area contributed by atoms with E-state index in [4.69, 9.17) is 0 Å². The van der Waals surface area contributed by atoms with E-state index >= 15 is 0 Å². The topological polar surface area (TPSA) is 69.3 Å². The average molecular weight is 298 g/mol. The lowest BCUT2D eigenvalue weighted by Crippen LogP contribution is -2.37.